The van der Waals surface area contributed by atoms with Crippen molar-refractivity contribution >= 4 is 11.6 Å². The molecule has 1 saturated heterocycles. The molecule has 20 heavy (non-hydrogen) atoms. The first kappa shape index (κ1) is 14.3. The molecule has 0 radical (unpaired) electrons. The summed E-state index contributed by atoms with van der Waals surface area (Å²) in [6, 6.07) is 4.55. The molecule has 4 heteroatoms. The lowest BCUT2D eigenvalue weighted by molar-refractivity contribution is -0.113. The van der Waals surface area contributed by atoms with Gasteiger partial charge in [-0.1, -0.05) is 30.5 Å². The number of aliphatic hydroxyl groups excluding tert-OH is 1. The minimum atomic E-state index is -0.843. The summed E-state index contributed by atoms with van der Waals surface area (Å²) in [6.45, 7) is 0.647. The fourth-order valence-electron chi connectivity index (χ4n) is 3.73. The van der Waals surface area contributed by atoms with Gasteiger partial charge in [0, 0.05) is 17.2 Å². The molecule has 0 aromatic heterocycles. The molecule has 2 nitrogen and oxygen atoms in total. The summed E-state index contributed by atoms with van der Waals surface area (Å²) < 4.78 is 19.9. The topological polar surface area (TPSA) is 29.5 Å². The lowest BCUT2D eigenvalue weighted by Crippen LogP contribution is -2.39. The van der Waals surface area contributed by atoms with E-state index >= 15 is 0 Å². The largest absolute Gasteiger partial charge is 0.388 e. The van der Waals surface area contributed by atoms with Crippen LogP contribution in [0, 0.1) is 11.7 Å². The van der Waals surface area contributed by atoms with Gasteiger partial charge < -0.3 is 9.84 Å². The Bertz CT molecular complexity index is 465. The van der Waals surface area contributed by atoms with Gasteiger partial charge in [0.25, 0.3) is 0 Å². The van der Waals surface area contributed by atoms with Crippen LogP contribution in [0.1, 0.15) is 50.2 Å². The van der Waals surface area contributed by atoms with Gasteiger partial charge in [0.15, 0.2) is 0 Å². The van der Waals surface area contributed by atoms with Crippen LogP contribution in [-0.2, 0) is 4.74 Å². The van der Waals surface area contributed by atoms with Gasteiger partial charge in [0.2, 0.25) is 0 Å². The molecule has 1 aliphatic heterocycles. The van der Waals surface area contributed by atoms with Gasteiger partial charge >= 0.3 is 0 Å². The highest BCUT2D eigenvalue weighted by molar-refractivity contribution is 6.31. The molecule has 2 atom stereocenters. The van der Waals surface area contributed by atoms with E-state index in [2.05, 4.69) is 0 Å². The second-order valence-electron chi connectivity index (χ2n) is 6.07. The summed E-state index contributed by atoms with van der Waals surface area (Å²) in [4.78, 5) is 0. The fraction of sp³-hybridized carbons (Fsp3) is 0.625. The third-order valence-electron chi connectivity index (χ3n) is 4.79. The number of hydrogen-bond donors (Lipinski definition) is 1. The van der Waals surface area contributed by atoms with Crippen molar-refractivity contribution in [3.8, 4) is 0 Å². The van der Waals surface area contributed by atoms with E-state index in [1.165, 1.54) is 18.9 Å². The molecule has 110 valence electrons. The van der Waals surface area contributed by atoms with Crippen LogP contribution in [0.3, 0.4) is 0 Å². The Morgan fingerprint density at radius 3 is 2.80 bits per heavy atom. The minimum absolute atomic E-state index is 0.0243. The molecule has 1 spiro atoms. The number of aliphatic hydroxyl groups is 1. The van der Waals surface area contributed by atoms with Crippen LogP contribution in [0.4, 0.5) is 4.39 Å². The lowest BCUT2D eigenvalue weighted by Gasteiger charge is -2.40. The summed E-state index contributed by atoms with van der Waals surface area (Å²) in [6.07, 6.45) is 5.20. The number of rotatable bonds is 2. The number of halogens is 2. The van der Waals surface area contributed by atoms with Crippen molar-refractivity contribution in [2.24, 2.45) is 5.92 Å². The van der Waals surface area contributed by atoms with Crippen LogP contribution in [0.15, 0.2) is 18.2 Å². The zero-order valence-electron chi connectivity index (χ0n) is 11.4. The monoisotopic (exact) mass is 298 g/mol. The highest BCUT2D eigenvalue weighted by Gasteiger charge is 2.42. The van der Waals surface area contributed by atoms with E-state index < -0.39 is 11.9 Å². The second kappa shape index (κ2) is 5.63. The van der Waals surface area contributed by atoms with E-state index in [-0.39, 0.29) is 17.1 Å². The number of benzene rings is 1. The smallest absolute Gasteiger partial charge is 0.130 e. The lowest BCUT2D eigenvalue weighted by atomic mass is 9.79. The molecule has 1 N–H and O–H groups in total. The van der Waals surface area contributed by atoms with Crippen LogP contribution < -0.4 is 0 Å². The van der Waals surface area contributed by atoms with Crippen molar-refractivity contribution in [2.45, 2.75) is 50.2 Å². The standard InChI is InChI=1S/C16H20ClFO2/c17-12-4-3-5-13(18)14(12)15(19)11-6-9-20-16(10-11)7-1-2-8-16/h3-5,11,15,19H,1-2,6-10H2. The summed E-state index contributed by atoms with van der Waals surface area (Å²) in [5, 5.41) is 10.9. The van der Waals surface area contributed by atoms with E-state index in [1.807, 2.05) is 0 Å². The molecule has 1 heterocycles. The molecule has 1 aliphatic carbocycles. The van der Waals surface area contributed by atoms with Crippen molar-refractivity contribution in [1.82, 2.24) is 0 Å². The third-order valence-corrected chi connectivity index (χ3v) is 5.12. The van der Waals surface area contributed by atoms with Gasteiger partial charge in [0.1, 0.15) is 5.82 Å². The third kappa shape index (κ3) is 2.59. The van der Waals surface area contributed by atoms with Gasteiger partial charge in [0.05, 0.1) is 11.7 Å². The normalized spacial score (nSPS) is 26.9. The number of ether oxygens (including phenoxy) is 1. The maximum atomic E-state index is 13.9. The molecular formula is C16H20ClFO2. The van der Waals surface area contributed by atoms with Gasteiger partial charge in [-0.05, 0) is 43.7 Å². The quantitative estimate of drug-likeness (QED) is 0.884. The molecule has 3 rings (SSSR count). The first-order valence-corrected chi connectivity index (χ1v) is 7.75. The first-order chi connectivity index (χ1) is 9.61. The first-order valence-electron chi connectivity index (χ1n) is 7.37. The maximum absolute atomic E-state index is 13.9. The van der Waals surface area contributed by atoms with Crippen LogP contribution in [0.2, 0.25) is 5.02 Å². The second-order valence-corrected chi connectivity index (χ2v) is 6.48. The Balaban J connectivity index is 1.81. The molecular weight excluding hydrogens is 279 g/mol. The summed E-state index contributed by atoms with van der Waals surface area (Å²) in [5.74, 6) is -0.395. The van der Waals surface area contributed by atoms with Crippen molar-refractivity contribution in [1.29, 1.82) is 0 Å². The van der Waals surface area contributed by atoms with Crippen molar-refractivity contribution in [3.63, 3.8) is 0 Å². The molecule has 0 amide bonds. The Kier molecular flexibility index (Phi) is 4.02. The Morgan fingerprint density at radius 1 is 1.35 bits per heavy atom. The van der Waals surface area contributed by atoms with Crippen LogP contribution in [0.25, 0.3) is 0 Å². The molecule has 0 bridgehead atoms. The SMILES string of the molecule is OC(c1c(F)cccc1Cl)C1CCOC2(CCCC2)C1. The van der Waals surface area contributed by atoms with Crippen LogP contribution >= 0.6 is 11.6 Å². The van der Waals surface area contributed by atoms with Gasteiger partial charge in [-0.15, -0.1) is 0 Å². The van der Waals surface area contributed by atoms with E-state index in [1.54, 1.807) is 12.1 Å². The fourth-order valence-corrected chi connectivity index (χ4v) is 4.01. The predicted octanol–water partition coefficient (Wildman–Crippen LogP) is 4.25. The average molecular weight is 299 g/mol. The van der Waals surface area contributed by atoms with E-state index in [4.69, 9.17) is 16.3 Å². The van der Waals surface area contributed by atoms with Crippen LogP contribution in [0.5, 0.6) is 0 Å². The molecule has 2 fully saturated rings. The van der Waals surface area contributed by atoms with E-state index in [0.29, 0.717) is 11.6 Å². The van der Waals surface area contributed by atoms with Crippen molar-refractivity contribution < 1.29 is 14.2 Å². The summed E-state index contributed by atoms with van der Waals surface area (Å²) in [5.41, 5.74) is 0.163. The average Bonchev–Trinajstić information content (AvgIpc) is 2.86. The van der Waals surface area contributed by atoms with Crippen LogP contribution in [-0.4, -0.2) is 17.3 Å². The zero-order chi connectivity index (χ0) is 14.2. The maximum Gasteiger partial charge on any atom is 0.130 e. The summed E-state index contributed by atoms with van der Waals surface area (Å²) >= 11 is 6.06. The van der Waals surface area contributed by atoms with Gasteiger partial charge in [-0.3, -0.25) is 0 Å². The van der Waals surface area contributed by atoms with Gasteiger partial charge in [-0.25, -0.2) is 4.39 Å². The van der Waals surface area contributed by atoms with E-state index in [9.17, 15) is 9.50 Å². The van der Waals surface area contributed by atoms with Crippen molar-refractivity contribution in [3.05, 3.63) is 34.6 Å². The molecule has 1 saturated carbocycles. The highest BCUT2D eigenvalue weighted by Crippen LogP contribution is 2.46. The summed E-state index contributed by atoms with van der Waals surface area (Å²) in [7, 11) is 0. The van der Waals surface area contributed by atoms with Gasteiger partial charge in [-0.2, -0.15) is 0 Å². The Hall–Kier alpha value is -0.640. The Labute approximate surface area is 123 Å². The zero-order valence-corrected chi connectivity index (χ0v) is 12.2. The molecule has 2 unspecified atom stereocenters. The number of hydrogen-bond acceptors (Lipinski definition) is 2. The van der Waals surface area contributed by atoms with E-state index in [0.717, 1.165) is 25.7 Å². The molecule has 1 aromatic carbocycles. The Morgan fingerprint density at radius 2 is 2.10 bits per heavy atom. The molecule has 1 aromatic rings. The van der Waals surface area contributed by atoms with Crippen molar-refractivity contribution in [2.75, 3.05) is 6.61 Å². The minimum Gasteiger partial charge on any atom is -0.388 e. The predicted molar refractivity (Wildman–Crippen MR) is 76.2 cm³/mol. The molecule has 2 aliphatic rings. The highest BCUT2D eigenvalue weighted by atomic mass is 35.5.